The van der Waals surface area contributed by atoms with Crippen LogP contribution in [0.15, 0.2) is 63.4 Å². The smallest absolute Gasteiger partial charge is 0.368 e. The molecule has 0 atom stereocenters. The highest BCUT2D eigenvalue weighted by atomic mass is 32.2. The summed E-state index contributed by atoms with van der Waals surface area (Å²) < 4.78 is 32.9. The molecule has 3 rings (SSSR count). The van der Waals surface area contributed by atoms with Crippen molar-refractivity contribution in [2.45, 2.75) is 11.8 Å². The molecule has 0 saturated heterocycles. The van der Waals surface area contributed by atoms with Crippen molar-refractivity contribution in [1.29, 1.82) is 0 Å². The number of aliphatic imine (C=N–C) groups is 2. The lowest BCUT2D eigenvalue weighted by Gasteiger charge is -2.09. The average Bonchev–Trinajstić information content (AvgIpc) is 2.89. The van der Waals surface area contributed by atoms with Gasteiger partial charge in [-0.1, -0.05) is 42.0 Å². The number of carbonyl (C=O) groups excluding carboxylic acids is 1. The molecule has 2 aromatic rings. The van der Waals surface area contributed by atoms with E-state index in [9.17, 15) is 17.8 Å². The van der Waals surface area contributed by atoms with E-state index in [2.05, 4.69) is 9.98 Å². The molecule has 0 saturated carbocycles. The number of urea groups is 1. The summed E-state index contributed by atoms with van der Waals surface area (Å²) in [4.78, 5) is 19.0. The third kappa shape index (κ3) is 3.10. The quantitative estimate of drug-likeness (QED) is 0.808. The van der Waals surface area contributed by atoms with E-state index in [4.69, 9.17) is 0 Å². The fourth-order valence-corrected chi connectivity index (χ4v) is 2.69. The summed E-state index contributed by atoms with van der Waals surface area (Å²) in [6, 6.07) is 12.1. The monoisotopic (exact) mass is 327 g/mol. The molecule has 1 heterocycles. The molecule has 1 aliphatic rings. The molecular weight excluding hydrogens is 316 g/mol. The Morgan fingerprint density at radius 1 is 0.826 bits per heavy atom. The van der Waals surface area contributed by atoms with Gasteiger partial charge in [0.25, 0.3) is 0 Å². The summed E-state index contributed by atoms with van der Waals surface area (Å²) in [6.45, 7) is 1.95. The third-order valence-corrected chi connectivity index (χ3v) is 4.23. The van der Waals surface area contributed by atoms with Gasteiger partial charge >= 0.3 is 6.03 Å². The number of carbonyl (C=O) groups is 1. The van der Waals surface area contributed by atoms with E-state index in [1.54, 1.807) is 0 Å². The van der Waals surface area contributed by atoms with Crippen LogP contribution in [0.2, 0.25) is 0 Å². The van der Waals surface area contributed by atoms with Crippen molar-refractivity contribution < 1.29 is 17.8 Å². The van der Waals surface area contributed by atoms with Crippen molar-refractivity contribution in [2.75, 3.05) is 0 Å². The van der Waals surface area contributed by atoms with Crippen LogP contribution < -0.4 is 0 Å². The topological polar surface area (TPSA) is 99.0 Å². The van der Waals surface area contributed by atoms with Crippen LogP contribution in [0.3, 0.4) is 0 Å². The summed E-state index contributed by atoms with van der Waals surface area (Å²) in [5.74, 6) is 0. The maximum absolute atomic E-state index is 11.6. The number of hydrogen-bond donors (Lipinski definition) is 0. The summed E-state index contributed by atoms with van der Waals surface area (Å²) in [6.07, 6.45) is 0. The van der Waals surface area contributed by atoms with E-state index >= 15 is 0 Å². The van der Waals surface area contributed by atoms with Crippen LogP contribution in [0, 0.1) is 6.92 Å². The number of rotatable bonds is 3. The van der Waals surface area contributed by atoms with Crippen LogP contribution in [-0.2, 0) is 10.1 Å². The van der Waals surface area contributed by atoms with Crippen LogP contribution >= 0.6 is 0 Å². The van der Waals surface area contributed by atoms with Crippen LogP contribution in [0.4, 0.5) is 4.79 Å². The van der Waals surface area contributed by atoms with Crippen molar-refractivity contribution in [2.24, 2.45) is 9.98 Å². The highest BCUT2D eigenvalue weighted by Gasteiger charge is 2.22. The molecule has 1 aliphatic heterocycles. The molecule has 0 unspecified atom stereocenters. The maximum atomic E-state index is 11.6. The van der Waals surface area contributed by atoms with Gasteiger partial charge in [-0.2, -0.15) is 9.98 Å². The molecular formula is C16H11N2O4S-. The summed E-state index contributed by atoms with van der Waals surface area (Å²) in [5, 5.41) is 0. The Morgan fingerprint density at radius 2 is 1.26 bits per heavy atom. The Bertz CT molecular complexity index is 941. The predicted molar refractivity (Wildman–Crippen MR) is 84.1 cm³/mol. The van der Waals surface area contributed by atoms with E-state index in [0.717, 1.165) is 11.1 Å². The number of amides is 2. The molecule has 2 aromatic carbocycles. The minimum atomic E-state index is -4.51. The van der Waals surface area contributed by atoms with Crippen molar-refractivity contribution in [1.82, 2.24) is 0 Å². The number of benzene rings is 2. The number of hydrogen-bond acceptors (Lipinski definition) is 4. The lowest BCUT2D eigenvalue weighted by atomic mass is 9.99. The number of nitrogens with zero attached hydrogens (tertiary/aromatic N) is 2. The lowest BCUT2D eigenvalue weighted by Crippen LogP contribution is -2.14. The zero-order valence-corrected chi connectivity index (χ0v) is 12.9. The molecule has 0 N–H and O–H groups in total. The second-order valence-corrected chi connectivity index (χ2v) is 6.43. The van der Waals surface area contributed by atoms with Crippen molar-refractivity contribution in [3.8, 4) is 0 Å². The minimum Gasteiger partial charge on any atom is -0.744 e. The van der Waals surface area contributed by atoms with E-state index in [1.807, 2.05) is 31.2 Å². The van der Waals surface area contributed by atoms with Gasteiger partial charge in [-0.05, 0) is 19.1 Å². The summed E-state index contributed by atoms with van der Waals surface area (Å²) in [5.41, 5.74) is 3.10. The highest BCUT2D eigenvalue weighted by molar-refractivity contribution is 7.85. The molecule has 0 aromatic heterocycles. The van der Waals surface area contributed by atoms with Gasteiger partial charge in [0.1, 0.15) is 21.5 Å². The third-order valence-electron chi connectivity index (χ3n) is 3.38. The first-order valence-electron chi connectivity index (χ1n) is 6.70. The van der Waals surface area contributed by atoms with Crippen LogP contribution in [0.25, 0.3) is 0 Å². The van der Waals surface area contributed by atoms with E-state index in [0.29, 0.717) is 17.0 Å². The molecule has 0 fully saturated rings. The lowest BCUT2D eigenvalue weighted by molar-refractivity contribution is 0.257. The van der Waals surface area contributed by atoms with Crippen molar-refractivity contribution in [3.05, 3.63) is 65.2 Å². The molecule has 0 radical (unpaired) electrons. The Balaban J connectivity index is 2.01. The molecule has 0 spiro atoms. The molecule has 0 aliphatic carbocycles. The second-order valence-electron chi connectivity index (χ2n) is 5.05. The molecule has 116 valence electrons. The van der Waals surface area contributed by atoms with Gasteiger partial charge in [0.15, 0.2) is 0 Å². The van der Waals surface area contributed by atoms with E-state index in [1.165, 1.54) is 24.3 Å². The standard InChI is InChI=1S/C16H12N2O4S/c1-10-2-4-11(5-3-10)14-15(18-16(19)17-14)12-6-8-13(9-7-12)23(20,21)22/h2-9H,1H3,(H,20,21,22)/p-1. The second kappa shape index (κ2) is 5.53. The Morgan fingerprint density at radius 3 is 1.70 bits per heavy atom. The fraction of sp³-hybridized carbons (Fsp3) is 0.0625. The molecule has 23 heavy (non-hydrogen) atoms. The van der Waals surface area contributed by atoms with Crippen molar-refractivity contribution >= 4 is 27.6 Å². The zero-order valence-electron chi connectivity index (χ0n) is 12.1. The molecule has 0 bridgehead atoms. The van der Waals surface area contributed by atoms with Gasteiger partial charge in [-0.15, -0.1) is 0 Å². The van der Waals surface area contributed by atoms with E-state index < -0.39 is 16.1 Å². The first-order chi connectivity index (χ1) is 10.8. The predicted octanol–water partition coefficient (Wildman–Crippen LogP) is 2.31. The van der Waals surface area contributed by atoms with Crippen LogP contribution in [0.1, 0.15) is 16.7 Å². The zero-order chi connectivity index (χ0) is 16.6. The van der Waals surface area contributed by atoms with Gasteiger partial charge in [0.05, 0.1) is 4.90 Å². The van der Waals surface area contributed by atoms with Gasteiger partial charge in [-0.25, -0.2) is 13.2 Å². The van der Waals surface area contributed by atoms with Crippen LogP contribution in [0.5, 0.6) is 0 Å². The van der Waals surface area contributed by atoms with Gasteiger partial charge in [0, 0.05) is 11.1 Å². The minimum absolute atomic E-state index is 0.333. The first-order valence-corrected chi connectivity index (χ1v) is 8.10. The van der Waals surface area contributed by atoms with Crippen molar-refractivity contribution in [3.63, 3.8) is 0 Å². The molecule has 6 nitrogen and oxygen atoms in total. The number of aryl methyl sites for hydroxylation is 1. The maximum Gasteiger partial charge on any atom is 0.368 e. The summed E-state index contributed by atoms with van der Waals surface area (Å²) in [7, 11) is -4.51. The highest BCUT2D eigenvalue weighted by Crippen LogP contribution is 2.18. The molecule has 2 amide bonds. The largest absolute Gasteiger partial charge is 0.744 e. The normalized spacial score (nSPS) is 14.6. The SMILES string of the molecule is Cc1ccc(C2=NC(=O)N=C2c2ccc(S(=O)(=O)[O-])cc2)cc1. The Labute approximate surface area is 133 Å². The Kier molecular flexibility index (Phi) is 3.67. The first kappa shape index (κ1) is 15.3. The summed E-state index contributed by atoms with van der Waals surface area (Å²) >= 11 is 0. The molecule has 7 heteroatoms. The van der Waals surface area contributed by atoms with Gasteiger partial charge in [0.2, 0.25) is 0 Å². The fourth-order valence-electron chi connectivity index (χ4n) is 2.22. The van der Waals surface area contributed by atoms with Gasteiger partial charge in [-0.3, -0.25) is 0 Å². The average molecular weight is 327 g/mol. The van der Waals surface area contributed by atoms with Gasteiger partial charge < -0.3 is 4.55 Å². The van der Waals surface area contributed by atoms with E-state index in [-0.39, 0.29) is 4.90 Å². The Hall–Kier alpha value is -2.64. The van der Waals surface area contributed by atoms with Crippen LogP contribution in [-0.4, -0.2) is 30.4 Å².